The van der Waals surface area contributed by atoms with Gasteiger partial charge in [0.05, 0.1) is 31.4 Å². The molecule has 23 heteroatoms. The first kappa shape index (κ1) is 57.1. The van der Waals surface area contributed by atoms with Gasteiger partial charge in [-0.15, -0.1) is 40.9 Å². The van der Waals surface area contributed by atoms with Gasteiger partial charge in [0.25, 0.3) is 10.3 Å². The average molecular weight is 1020 g/mol. The molecule has 0 unspecified atom stereocenters. The van der Waals surface area contributed by atoms with Crippen LogP contribution in [0.3, 0.4) is 0 Å². The van der Waals surface area contributed by atoms with Crippen LogP contribution in [0.25, 0.3) is 9.44 Å². The van der Waals surface area contributed by atoms with Gasteiger partial charge in [-0.2, -0.15) is 0 Å². The van der Waals surface area contributed by atoms with Crippen LogP contribution in [0.15, 0.2) is 56.9 Å². The summed E-state index contributed by atoms with van der Waals surface area (Å²) in [5, 5.41) is 36.0. The molecule has 4 rings (SSSR count). The molecule has 0 fully saturated rings. The summed E-state index contributed by atoms with van der Waals surface area (Å²) in [7, 11) is -7.21. The van der Waals surface area contributed by atoms with Crippen molar-refractivity contribution in [2.24, 2.45) is 20.5 Å². The number of azo groups is 2. The van der Waals surface area contributed by atoms with Crippen LogP contribution in [-0.2, 0) is 37.1 Å². The fourth-order valence-electron chi connectivity index (χ4n) is 6.88. The van der Waals surface area contributed by atoms with Gasteiger partial charge in [-0.3, -0.25) is 0 Å². The molecule has 0 N–H and O–H groups in total. The molecule has 0 amide bonds. The Bertz CT molecular complexity index is 2150. The molecule has 0 spiro atoms. The van der Waals surface area contributed by atoms with E-state index in [4.69, 9.17) is 0 Å². The first-order valence-corrected chi connectivity index (χ1v) is 27.1. The third kappa shape index (κ3) is 18.6. The van der Waals surface area contributed by atoms with Crippen LogP contribution in [0.5, 0.6) is 0 Å². The number of nitrogens with zero attached hydrogens (tertiary/aromatic N) is 14. The molecule has 0 bridgehead atoms. The summed E-state index contributed by atoms with van der Waals surface area (Å²) < 4.78 is 55.3. The Morgan fingerprint density at radius 2 is 0.831 bits per heavy atom. The van der Waals surface area contributed by atoms with E-state index >= 15 is 0 Å². The van der Waals surface area contributed by atoms with E-state index in [1.165, 1.54) is 22.7 Å². The molecule has 0 saturated carbocycles. The second kappa shape index (κ2) is 27.0. The van der Waals surface area contributed by atoms with Gasteiger partial charge >= 0.3 is 17.1 Å². The largest absolute Gasteiger partial charge is 2.00 e. The Morgan fingerprint density at radius 3 is 1.09 bits per heavy atom. The monoisotopic (exact) mass is 1020 g/mol. The van der Waals surface area contributed by atoms with Gasteiger partial charge in [-0.05, 0) is 105 Å². The number of sulfonamides is 2. The smallest absolute Gasteiger partial charge is 0.575 e. The Kier molecular flexibility index (Phi) is 23.7. The maximum Gasteiger partial charge on any atom is 2.00 e. The van der Waals surface area contributed by atoms with Gasteiger partial charge in [0.2, 0.25) is 10.3 Å². The van der Waals surface area contributed by atoms with Crippen LogP contribution < -0.4 is 19.6 Å². The summed E-state index contributed by atoms with van der Waals surface area (Å²) in [6.45, 7) is 28.8. The number of benzene rings is 2. The zero-order chi connectivity index (χ0) is 47.8. The van der Waals surface area contributed by atoms with E-state index in [-0.39, 0.29) is 52.6 Å². The van der Waals surface area contributed by atoms with Crippen LogP contribution >= 0.6 is 22.7 Å². The maximum atomic E-state index is 11.9. The van der Waals surface area contributed by atoms with E-state index in [0.29, 0.717) is 21.6 Å². The Hall–Kier alpha value is -4.02. The molecule has 18 nitrogen and oxygen atoms in total. The summed E-state index contributed by atoms with van der Waals surface area (Å²) in [6.07, 6.45) is 6.10. The minimum Gasteiger partial charge on any atom is -0.575 e. The SMILES string of the molecule is CCCN(CCC)c1ccc(N=Nc2nnc(N(C(C)C)C(C)C)s2)c([N-]S(C)(=O)=O)c1.CCCN(CCC)c1ccc(N=Nc2nnc(N(C(C)C)C(C)C)s2)c([N-]S(C)(=O)=O)c1.[Cu+2]. The molecule has 0 atom stereocenters. The van der Waals surface area contributed by atoms with Crippen molar-refractivity contribution in [1.29, 1.82) is 0 Å². The van der Waals surface area contributed by atoms with Crippen molar-refractivity contribution in [1.82, 2.24) is 20.4 Å². The van der Waals surface area contributed by atoms with Crippen molar-refractivity contribution < 1.29 is 33.9 Å². The normalized spacial score (nSPS) is 12.0. The predicted molar refractivity (Wildman–Crippen MR) is 268 cm³/mol. The summed E-state index contributed by atoms with van der Waals surface area (Å²) in [5.41, 5.74) is 3.10. The quantitative estimate of drug-likeness (QED) is 0.0474. The second-order valence-electron chi connectivity index (χ2n) is 16.3. The standard InChI is InChI=1S/2C21H34N7O2S2.Cu/c2*1-8-12-27(13-9-2)17-10-11-18(19(14-17)26-32(7,29)30)22-23-20-24-25-21(31-20)28(15(3)4)16(5)6;/h2*10-11,14-16H,8-9,12-13H2,1-7H3;/q2*-1;+2. The number of aromatic nitrogens is 4. The van der Waals surface area contributed by atoms with Crippen molar-refractivity contribution >= 4 is 97.4 Å². The van der Waals surface area contributed by atoms with E-state index in [9.17, 15) is 16.8 Å². The van der Waals surface area contributed by atoms with Crippen molar-refractivity contribution in [3.8, 4) is 0 Å². The summed E-state index contributed by atoms with van der Waals surface area (Å²) in [5.74, 6) is 0. The Labute approximate surface area is 406 Å². The van der Waals surface area contributed by atoms with Gasteiger partial charge in [0.15, 0.2) is 0 Å². The van der Waals surface area contributed by atoms with Crippen LogP contribution in [0.1, 0.15) is 109 Å². The van der Waals surface area contributed by atoms with E-state index in [1.54, 1.807) is 24.3 Å². The molecule has 365 valence electrons. The maximum absolute atomic E-state index is 11.9. The van der Waals surface area contributed by atoms with Gasteiger partial charge < -0.3 is 29.0 Å². The number of hydrogen-bond donors (Lipinski definition) is 0. The van der Waals surface area contributed by atoms with Crippen molar-refractivity contribution in [2.75, 3.05) is 58.3 Å². The molecular weight excluding hydrogens is 956 g/mol. The van der Waals surface area contributed by atoms with Gasteiger partial charge in [0, 0.05) is 74.2 Å². The molecule has 65 heavy (non-hydrogen) atoms. The van der Waals surface area contributed by atoms with Crippen molar-refractivity contribution in [2.45, 2.75) is 133 Å². The van der Waals surface area contributed by atoms with Gasteiger partial charge in [-0.25, -0.2) is 16.8 Å². The molecule has 2 aromatic carbocycles. The van der Waals surface area contributed by atoms with E-state index in [1.807, 2.05) is 12.1 Å². The topological polar surface area (TPSA) is 210 Å². The molecule has 1 radical (unpaired) electrons. The molecule has 0 aliphatic heterocycles. The molecule has 0 aliphatic carbocycles. The van der Waals surface area contributed by atoms with E-state index < -0.39 is 20.0 Å². The summed E-state index contributed by atoms with van der Waals surface area (Å²) in [6, 6.07) is 11.9. The third-order valence-electron chi connectivity index (χ3n) is 9.11. The first-order chi connectivity index (χ1) is 30.1. The molecule has 0 aliphatic rings. The van der Waals surface area contributed by atoms with Crippen molar-refractivity contribution in [3.05, 3.63) is 45.8 Å². The number of hydrogen-bond acceptors (Lipinski definition) is 18. The molecular formula is C42H68CuN14O4S4. The van der Waals surface area contributed by atoms with Gasteiger partial charge in [0.1, 0.15) is 0 Å². The third-order valence-corrected chi connectivity index (χ3v) is 11.8. The Morgan fingerprint density at radius 1 is 0.523 bits per heavy atom. The van der Waals surface area contributed by atoms with Crippen LogP contribution in [0.4, 0.5) is 54.7 Å². The van der Waals surface area contributed by atoms with Gasteiger partial charge in [-0.1, -0.05) is 73.9 Å². The first-order valence-electron chi connectivity index (χ1n) is 21.8. The zero-order valence-corrected chi connectivity index (χ0v) is 44.5. The van der Waals surface area contributed by atoms with Crippen LogP contribution in [0.2, 0.25) is 0 Å². The zero-order valence-electron chi connectivity index (χ0n) is 40.3. The molecule has 4 aromatic rings. The van der Waals surface area contributed by atoms with Crippen LogP contribution in [0, 0.1) is 0 Å². The van der Waals surface area contributed by atoms with E-state index in [2.05, 4.69) is 153 Å². The fraction of sp³-hybridized carbons (Fsp3) is 0.619. The van der Waals surface area contributed by atoms with Crippen LogP contribution in [-0.4, -0.2) is 100 Å². The minimum atomic E-state index is -3.60. The molecule has 0 saturated heterocycles. The fourth-order valence-corrected chi connectivity index (χ4v) is 9.76. The average Bonchev–Trinajstić information content (AvgIpc) is 3.85. The molecule has 2 heterocycles. The minimum absolute atomic E-state index is 0. The van der Waals surface area contributed by atoms with Crippen molar-refractivity contribution in [3.63, 3.8) is 0 Å². The second-order valence-corrected chi connectivity index (χ2v) is 21.5. The summed E-state index contributed by atoms with van der Waals surface area (Å²) in [4.78, 5) is 8.75. The molecule has 2 aromatic heterocycles. The number of anilines is 4. The predicted octanol–water partition coefficient (Wildman–Crippen LogP) is 12.3. The van der Waals surface area contributed by atoms with E-state index in [0.717, 1.165) is 86.0 Å². The summed E-state index contributed by atoms with van der Waals surface area (Å²) >= 11 is 2.69. The number of rotatable bonds is 24. The Balaban J connectivity index is 0.000000440.